The van der Waals surface area contributed by atoms with Gasteiger partial charge < -0.3 is 20.3 Å². The molecule has 6 atom stereocenters. The minimum atomic E-state index is -4.14. The maximum atomic E-state index is 13.6. The first-order valence-corrected chi connectivity index (χ1v) is 15.5. The van der Waals surface area contributed by atoms with E-state index < -0.39 is 60.1 Å². The van der Waals surface area contributed by atoms with E-state index in [1.54, 1.807) is 40.7 Å². The van der Waals surface area contributed by atoms with E-state index in [1.807, 2.05) is 0 Å². The fraction of sp³-hybridized carbons (Fsp3) is 0.696. The van der Waals surface area contributed by atoms with Crippen molar-refractivity contribution in [2.75, 3.05) is 19.0 Å². The fourth-order valence-electron chi connectivity index (χ4n) is 3.19. The molecule has 15 heteroatoms. The molecule has 0 aromatic carbocycles. The van der Waals surface area contributed by atoms with Crippen molar-refractivity contribution in [2.24, 2.45) is 5.41 Å². The number of carbonyl (C=O) groups is 3. The Bertz CT molecular complexity index is 972. The molecule has 12 nitrogen and oxygen atoms in total. The number of urea groups is 1. The molecule has 4 N–H and O–H groups in total. The minimum absolute atomic E-state index is 0.0661. The third-order valence-corrected chi connectivity index (χ3v) is 9.72. The zero-order valence-electron chi connectivity index (χ0n) is 22.4. The molecule has 216 valence electrons. The van der Waals surface area contributed by atoms with Gasteiger partial charge >= 0.3 is 19.7 Å². The predicted molar refractivity (Wildman–Crippen MR) is 146 cm³/mol. The number of nitrogens with zero attached hydrogens (tertiary/aromatic N) is 1. The molecule has 0 spiro atoms. The molecule has 2 amide bonds. The van der Waals surface area contributed by atoms with Crippen molar-refractivity contribution >= 4 is 48.4 Å². The van der Waals surface area contributed by atoms with Crippen LogP contribution in [-0.4, -0.2) is 86.2 Å². The highest BCUT2D eigenvalue weighted by Crippen LogP contribution is 2.47. The Balaban J connectivity index is 2.07. The van der Waals surface area contributed by atoms with Crippen LogP contribution in [0, 0.1) is 5.41 Å². The van der Waals surface area contributed by atoms with Gasteiger partial charge in [-0.1, -0.05) is 39.1 Å². The van der Waals surface area contributed by atoms with Gasteiger partial charge in [0.2, 0.25) is 0 Å². The van der Waals surface area contributed by atoms with Gasteiger partial charge in [0.1, 0.15) is 17.5 Å². The highest BCUT2D eigenvalue weighted by Gasteiger charge is 2.47. The lowest BCUT2D eigenvalue weighted by atomic mass is 10.00. The Morgan fingerprint density at radius 1 is 1.26 bits per heavy atom. The minimum Gasteiger partial charge on any atom is -0.462 e. The molecule has 0 bridgehead atoms. The Labute approximate surface area is 231 Å². The van der Waals surface area contributed by atoms with Gasteiger partial charge in [-0.25, -0.2) is 14.4 Å². The van der Waals surface area contributed by atoms with Gasteiger partial charge in [0.15, 0.2) is 5.12 Å². The number of ether oxygens (including phenoxy) is 1. The summed E-state index contributed by atoms with van der Waals surface area (Å²) in [5.74, 6) is -0.473. The first-order valence-electron chi connectivity index (χ1n) is 12.1. The zero-order chi connectivity index (χ0) is 28.8. The number of hydrogen-bond acceptors (Lipinski definition) is 11. The van der Waals surface area contributed by atoms with E-state index in [0.29, 0.717) is 5.70 Å². The summed E-state index contributed by atoms with van der Waals surface area (Å²) in [6.45, 7) is 13.3. The molecule has 0 aliphatic carbocycles. The smallest absolute Gasteiger partial charge is 0.406 e. The Kier molecular flexibility index (Phi) is 11.9. The zero-order valence-corrected chi connectivity index (χ0v) is 24.9. The van der Waals surface area contributed by atoms with Gasteiger partial charge in [0.25, 0.3) is 0 Å². The second-order valence-electron chi connectivity index (χ2n) is 10.1. The number of nitrogens with one attached hydrogen (secondary N) is 2. The van der Waals surface area contributed by atoms with E-state index in [-0.39, 0.29) is 24.1 Å². The fourth-order valence-corrected chi connectivity index (χ4v) is 7.14. The highest BCUT2D eigenvalue weighted by molar-refractivity contribution is 8.13. The summed E-state index contributed by atoms with van der Waals surface area (Å²) in [5, 5.41) is 24.6. The van der Waals surface area contributed by atoms with Crippen LogP contribution in [0.1, 0.15) is 41.5 Å². The predicted octanol–water partition coefficient (Wildman–Crippen LogP) is 2.58. The molecular weight excluding hydrogens is 557 g/mol. The van der Waals surface area contributed by atoms with Crippen molar-refractivity contribution in [1.29, 1.82) is 0 Å². The van der Waals surface area contributed by atoms with Gasteiger partial charge in [-0.05, 0) is 26.8 Å². The SMILES string of the molecule is C=C1C=CN([C@@H]2S[C@H](CO[P@](=O)(N[C@@H](C)C(=O)OC(C)C)OCCSC(=O)C(C)(C)C)[C@@H](O)[C@H]2O)C(=O)N1. The lowest BCUT2D eigenvalue weighted by Crippen LogP contribution is -2.48. The summed E-state index contributed by atoms with van der Waals surface area (Å²) in [6.07, 6.45) is -0.0193. The first kappa shape index (κ1) is 32.8. The lowest BCUT2D eigenvalue weighted by molar-refractivity contribution is -0.149. The standard InChI is InChI=1S/C23H38N3O9PS2/c1-13(2)35-20(29)15(4)25-36(32,33-10-11-37-21(30)23(5,6)7)34-12-16-17(27)18(28)19(38-16)26-9-8-14(3)24-22(26)31/h8-9,13,15-19,27-28H,3,10-12H2,1-2,4-7H3,(H,24,31)(H,25,32)/t15-,16+,17+,18+,19+,36-/m0/s1. The summed E-state index contributed by atoms with van der Waals surface area (Å²) in [6, 6.07) is -1.57. The average molecular weight is 596 g/mol. The van der Waals surface area contributed by atoms with Crippen LogP contribution in [0.5, 0.6) is 0 Å². The van der Waals surface area contributed by atoms with E-state index >= 15 is 0 Å². The van der Waals surface area contributed by atoms with Crippen molar-refractivity contribution < 1.29 is 42.9 Å². The second kappa shape index (κ2) is 13.8. The third kappa shape index (κ3) is 9.37. The summed E-state index contributed by atoms with van der Waals surface area (Å²) in [7, 11) is -4.14. The van der Waals surface area contributed by atoms with E-state index in [2.05, 4.69) is 17.0 Å². The van der Waals surface area contributed by atoms with Gasteiger partial charge in [-0.3, -0.25) is 23.5 Å². The van der Waals surface area contributed by atoms with Gasteiger partial charge in [-0.2, -0.15) is 0 Å². The summed E-state index contributed by atoms with van der Waals surface area (Å²) in [5.41, 5.74) is -0.167. The number of allylic oxidation sites excluding steroid dienone is 1. The molecule has 0 radical (unpaired) electrons. The molecule has 38 heavy (non-hydrogen) atoms. The summed E-state index contributed by atoms with van der Waals surface area (Å²) < 4.78 is 29.8. The number of aliphatic hydroxyl groups excluding tert-OH is 2. The molecule has 2 aliphatic heterocycles. The summed E-state index contributed by atoms with van der Waals surface area (Å²) in [4.78, 5) is 38.0. The Hall–Kier alpha value is -1.38. The molecule has 2 heterocycles. The van der Waals surface area contributed by atoms with Crippen LogP contribution in [0.3, 0.4) is 0 Å². The van der Waals surface area contributed by atoms with Crippen LogP contribution < -0.4 is 10.4 Å². The topological polar surface area (TPSA) is 164 Å². The van der Waals surface area contributed by atoms with E-state index in [1.165, 1.54) is 18.0 Å². The lowest BCUT2D eigenvalue weighted by Gasteiger charge is -2.30. The molecule has 2 rings (SSSR count). The maximum absolute atomic E-state index is 13.6. The normalized spacial score (nSPS) is 26.3. The van der Waals surface area contributed by atoms with E-state index in [4.69, 9.17) is 13.8 Å². The van der Waals surface area contributed by atoms with Crippen molar-refractivity contribution in [3.63, 3.8) is 0 Å². The second-order valence-corrected chi connectivity index (χ2v) is 14.3. The van der Waals surface area contributed by atoms with Crippen LogP contribution >= 0.6 is 31.3 Å². The quantitative estimate of drug-likeness (QED) is 0.148. The Morgan fingerprint density at radius 3 is 2.50 bits per heavy atom. The maximum Gasteiger partial charge on any atom is 0.406 e. The van der Waals surface area contributed by atoms with Crippen molar-refractivity contribution in [2.45, 2.75) is 76.5 Å². The molecule has 0 unspecified atom stereocenters. The molecular formula is C23H38N3O9PS2. The van der Waals surface area contributed by atoms with E-state index in [9.17, 15) is 29.2 Å². The van der Waals surface area contributed by atoms with Crippen molar-refractivity contribution in [3.8, 4) is 0 Å². The number of thioether (sulfide) groups is 2. The van der Waals surface area contributed by atoms with Crippen LogP contribution in [0.2, 0.25) is 0 Å². The van der Waals surface area contributed by atoms with Gasteiger partial charge in [-0.15, -0.1) is 11.8 Å². The molecule has 0 aromatic heterocycles. The third-order valence-electron chi connectivity index (χ3n) is 5.21. The number of aliphatic hydroxyl groups is 2. The summed E-state index contributed by atoms with van der Waals surface area (Å²) >= 11 is 2.09. The molecule has 0 aromatic rings. The highest BCUT2D eigenvalue weighted by atomic mass is 32.2. The van der Waals surface area contributed by atoms with Crippen molar-refractivity contribution in [1.82, 2.24) is 15.3 Å². The van der Waals surface area contributed by atoms with Crippen molar-refractivity contribution in [3.05, 3.63) is 24.6 Å². The van der Waals surface area contributed by atoms with Gasteiger partial charge in [0.05, 0.1) is 30.7 Å². The number of hydrogen-bond donors (Lipinski definition) is 4. The molecule has 0 saturated carbocycles. The number of esters is 1. The van der Waals surface area contributed by atoms with Crippen LogP contribution in [0.15, 0.2) is 24.6 Å². The van der Waals surface area contributed by atoms with E-state index in [0.717, 1.165) is 23.5 Å². The van der Waals surface area contributed by atoms with Crippen LogP contribution in [0.25, 0.3) is 0 Å². The monoisotopic (exact) mass is 595 g/mol. The average Bonchev–Trinajstić information content (AvgIpc) is 3.08. The molecule has 1 saturated heterocycles. The number of carbonyl (C=O) groups excluding carboxylic acids is 3. The van der Waals surface area contributed by atoms with Crippen LogP contribution in [-0.2, 0) is 27.9 Å². The first-order chi connectivity index (χ1) is 17.5. The molecule has 2 aliphatic rings. The van der Waals surface area contributed by atoms with Crippen LogP contribution in [0.4, 0.5) is 4.79 Å². The largest absolute Gasteiger partial charge is 0.462 e. The Morgan fingerprint density at radius 2 is 1.92 bits per heavy atom. The number of amides is 2. The molecule has 1 fully saturated rings. The van der Waals surface area contributed by atoms with Gasteiger partial charge in [0, 0.05) is 23.1 Å². The number of rotatable bonds is 12.